The van der Waals surface area contributed by atoms with Gasteiger partial charge in [0.2, 0.25) is 0 Å². The van der Waals surface area contributed by atoms with Crippen molar-refractivity contribution in [3.8, 4) is 0 Å². The van der Waals surface area contributed by atoms with Crippen LogP contribution in [0.3, 0.4) is 0 Å². The molecule has 88 valence electrons. The van der Waals surface area contributed by atoms with Crippen LogP contribution in [0, 0.1) is 0 Å². The molecular weight excluding hydrogens is 195 g/mol. The van der Waals surface area contributed by atoms with Crippen LogP contribution in [0.25, 0.3) is 0 Å². The Bertz CT molecular complexity index is 116. The van der Waals surface area contributed by atoms with Gasteiger partial charge in [0.15, 0.2) is 0 Å². The Morgan fingerprint density at radius 2 is 1.43 bits per heavy atom. The molecule has 0 aliphatic carbocycles. The molecule has 0 amide bonds. The van der Waals surface area contributed by atoms with Crippen LogP contribution in [-0.2, 0) is 9.47 Å². The zero-order valence-corrected chi connectivity index (χ0v) is 11.3. The van der Waals surface area contributed by atoms with E-state index in [2.05, 4.69) is 20.8 Å². The number of ether oxygens (including phenoxy) is 2. The summed E-state index contributed by atoms with van der Waals surface area (Å²) in [6.45, 7) is 9.43. The van der Waals surface area contributed by atoms with Crippen molar-refractivity contribution >= 4 is 7.26 Å². The van der Waals surface area contributed by atoms with E-state index in [0.29, 0.717) is 0 Å². The SMILES string of the molecule is CC[PH](CC)(CC)CCOCCOC. The molecule has 0 N–H and O–H groups in total. The standard InChI is InChI=1S/C11H27O2P/c1-5-14(6-2,7-3)11-10-13-9-8-12-4/h14H,5-11H2,1-4H3. The van der Waals surface area contributed by atoms with Gasteiger partial charge in [0.1, 0.15) is 0 Å². The van der Waals surface area contributed by atoms with E-state index in [-0.39, 0.29) is 0 Å². The van der Waals surface area contributed by atoms with Crippen molar-refractivity contribution in [1.82, 2.24) is 0 Å². The molecule has 14 heavy (non-hydrogen) atoms. The number of hydrogen-bond acceptors (Lipinski definition) is 2. The summed E-state index contributed by atoms with van der Waals surface area (Å²) < 4.78 is 10.5. The Kier molecular flexibility index (Phi) is 8.86. The first-order valence-electron chi connectivity index (χ1n) is 5.81. The Morgan fingerprint density at radius 3 is 1.86 bits per heavy atom. The predicted octanol–water partition coefficient (Wildman–Crippen LogP) is 2.46. The van der Waals surface area contributed by atoms with E-state index in [9.17, 15) is 0 Å². The molecule has 0 bridgehead atoms. The van der Waals surface area contributed by atoms with Gasteiger partial charge < -0.3 is 0 Å². The maximum atomic E-state index is 5.54. The van der Waals surface area contributed by atoms with Crippen molar-refractivity contribution in [2.24, 2.45) is 0 Å². The van der Waals surface area contributed by atoms with E-state index in [4.69, 9.17) is 9.47 Å². The second-order valence-electron chi connectivity index (χ2n) is 3.92. The molecule has 0 heterocycles. The molecule has 3 heteroatoms. The topological polar surface area (TPSA) is 18.5 Å². The minimum atomic E-state index is -0.943. The average molecular weight is 222 g/mol. The summed E-state index contributed by atoms with van der Waals surface area (Å²) in [5, 5.41) is 0. The van der Waals surface area contributed by atoms with Crippen LogP contribution in [-0.4, -0.2) is 51.6 Å². The fourth-order valence-corrected chi connectivity index (χ4v) is 4.95. The molecule has 0 aromatic rings. The van der Waals surface area contributed by atoms with Gasteiger partial charge in [0, 0.05) is 0 Å². The third-order valence-electron chi connectivity index (χ3n) is 3.46. The normalized spacial score (nSPS) is 13.1. The van der Waals surface area contributed by atoms with Crippen molar-refractivity contribution in [3.63, 3.8) is 0 Å². The van der Waals surface area contributed by atoms with Crippen LogP contribution in [0.15, 0.2) is 0 Å². The van der Waals surface area contributed by atoms with E-state index < -0.39 is 7.26 Å². The summed E-state index contributed by atoms with van der Waals surface area (Å²) in [5.74, 6) is 0. The summed E-state index contributed by atoms with van der Waals surface area (Å²) in [5.41, 5.74) is 0. The second kappa shape index (κ2) is 8.64. The van der Waals surface area contributed by atoms with Crippen LogP contribution >= 0.6 is 7.26 Å². The van der Waals surface area contributed by atoms with Crippen LogP contribution in [0.5, 0.6) is 0 Å². The summed E-state index contributed by atoms with van der Waals surface area (Å²) in [7, 11) is 0.771. The van der Waals surface area contributed by atoms with Crippen LogP contribution in [0.2, 0.25) is 0 Å². The first-order chi connectivity index (χ1) is 6.74. The number of hydrogen-bond donors (Lipinski definition) is 0. The molecule has 0 spiro atoms. The van der Waals surface area contributed by atoms with Gasteiger partial charge in [-0.15, -0.1) is 0 Å². The van der Waals surface area contributed by atoms with Crippen LogP contribution in [0.1, 0.15) is 20.8 Å². The van der Waals surface area contributed by atoms with Gasteiger partial charge in [-0.2, -0.15) is 0 Å². The quantitative estimate of drug-likeness (QED) is 0.441. The minimum absolute atomic E-state index is 0.721. The zero-order valence-electron chi connectivity index (χ0n) is 10.3. The van der Waals surface area contributed by atoms with E-state index >= 15 is 0 Å². The Hall–Kier alpha value is 0.350. The van der Waals surface area contributed by atoms with E-state index in [1.165, 1.54) is 24.6 Å². The zero-order chi connectivity index (χ0) is 10.9. The Balaban J connectivity index is 3.61. The van der Waals surface area contributed by atoms with Crippen molar-refractivity contribution < 1.29 is 9.47 Å². The first-order valence-corrected chi connectivity index (χ1v) is 8.64. The van der Waals surface area contributed by atoms with Crippen molar-refractivity contribution in [2.45, 2.75) is 20.8 Å². The molecule has 0 fully saturated rings. The van der Waals surface area contributed by atoms with Gasteiger partial charge in [0.25, 0.3) is 0 Å². The van der Waals surface area contributed by atoms with Gasteiger partial charge in [-0.1, -0.05) is 0 Å². The third kappa shape index (κ3) is 5.29. The van der Waals surface area contributed by atoms with E-state index in [1.807, 2.05) is 0 Å². The van der Waals surface area contributed by atoms with Crippen LogP contribution < -0.4 is 0 Å². The average Bonchev–Trinajstić information content (AvgIpc) is 2.24. The molecule has 0 aromatic heterocycles. The molecule has 0 saturated carbocycles. The fourth-order valence-electron chi connectivity index (χ4n) is 1.81. The van der Waals surface area contributed by atoms with Crippen molar-refractivity contribution in [1.29, 1.82) is 0 Å². The van der Waals surface area contributed by atoms with Gasteiger partial charge >= 0.3 is 89.1 Å². The number of methoxy groups -OCH3 is 1. The molecule has 2 nitrogen and oxygen atoms in total. The molecule has 0 unspecified atom stereocenters. The second-order valence-corrected chi connectivity index (χ2v) is 9.54. The first kappa shape index (κ1) is 14.3. The van der Waals surface area contributed by atoms with Crippen LogP contribution in [0.4, 0.5) is 0 Å². The van der Waals surface area contributed by atoms with Crippen molar-refractivity contribution in [3.05, 3.63) is 0 Å². The predicted molar refractivity (Wildman–Crippen MR) is 67.5 cm³/mol. The molecule has 0 aliphatic heterocycles. The molecule has 0 atom stereocenters. The fraction of sp³-hybridized carbons (Fsp3) is 1.00. The molecule has 0 rings (SSSR count). The van der Waals surface area contributed by atoms with E-state index in [1.54, 1.807) is 7.11 Å². The number of rotatable bonds is 9. The molecular formula is C11H27O2P. The van der Waals surface area contributed by atoms with Gasteiger partial charge in [-0.25, -0.2) is 0 Å². The van der Waals surface area contributed by atoms with Crippen molar-refractivity contribution in [2.75, 3.05) is 51.6 Å². The summed E-state index contributed by atoms with van der Waals surface area (Å²) in [4.78, 5) is 0. The monoisotopic (exact) mass is 222 g/mol. The third-order valence-corrected chi connectivity index (χ3v) is 9.22. The van der Waals surface area contributed by atoms with E-state index in [0.717, 1.165) is 19.8 Å². The molecule has 0 radical (unpaired) electrons. The summed E-state index contributed by atoms with van der Waals surface area (Å²) >= 11 is 0. The molecule has 0 saturated heterocycles. The molecule has 0 aromatic carbocycles. The van der Waals surface area contributed by atoms with Gasteiger partial charge in [0.05, 0.1) is 0 Å². The molecule has 0 aliphatic rings. The maximum absolute atomic E-state index is 5.54. The van der Waals surface area contributed by atoms with Gasteiger partial charge in [-0.3, -0.25) is 0 Å². The Morgan fingerprint density at radius 1 is 0.857 bits per heavy atom. The summed E-state index contributed by atoms with van der Waals surface area (Å²) in [6, 6.07) is 0. The Labute approximate surface area is 89.7 Å². The summed E-state index contributed by atoms with van der Waals surface area (Å²) in [6.07, 6.45) is 5.51. The van der Waals surface area contributed by atoms with Gasteiger partial charge in [-0.05, 0) is 0 Å².